The highest BCUT2D eigenvalue weighted by atomic mass is 32.1. The number of thiocarbonyl (C=S) groups is 1. The molecule has 0 spiro atoms. The first-order valence-electron chi connectivity index (χ1n) is 9.47. The van der Waals surface area contributed by atoms with Crippen LogP contribution < -0.4 is 15.5 Å². The first-order valence-corrected chi connectivity index (χ1v) is 9.88. The molecule has 2 aromatic rings. The molecule has 1 atom stereocenters. The highest BCUT2D eigenvalue weighted by Gasteiger charge is 2.16. The molecular formula is C22H29N3S. The van der Waals surface area contributed by atoms with Crippen molar-refractivity contribution in [3.8, 4) is 0 Å². The van der Waals surface area contributed by atoms with Crippen LogP contribution in [0.4, 0.5) is 11.4 Å². The van der Waals surface area contributed by atoms with Crippen molar-refractivity contribution in [3.63, 3.8) is 0 Å². The maximum absolute atomic E-state index is 5.45. The summed E-state index contributed by atoms with van der Waals surface area (Å²) in [6.07, 6.45) is 2.64. The van der Waals surface area contributed by atoms with E-state index in [0.717, 1.165) is 18.2 Å². The van der Waals surface area contributed by atoms with Crippen LogP contribution >= 0.6 is 12.2 Å². The lowest BCUT2D eigenvalue weighted by atomic mass is 9.99. The maximum atomic E-state index is 5.45. The number of anilines is 2. The van der Waals surface area contributed by atoms with Crippen LogP contribution in [0, 0.1) is 19.8 Å². The Bertz CT molecular complexity index is 754. The largest absolute Gasteiger partial charge is 0.371 e. The predicted octanol–water partition coefficient (Wildman–Crippen LogP) is 5.03. The minimum absolute atomic E-state index is 0.660. The predicted molar refractivity (Wildman–Crippen MR) is 116 cm³/mol. The van der Waals surface area contributed by atoms with Crippen LogP contribution in [0.3, 0.4) is 0 Å². The fourth-order valence-corrected chi connectivity index (χ4v) is 3.65. The second-order valence-corrected chi connectivity index (χ2v) is 7.89. The number of piperidine rings is 1. The van der Waals surface area contributed by atoms with Gasteiger partial charge >= 0.3 is 0 Å². The molecule has 2 N–H and O–H groups in total. The number of aryl methyl sites for hydroxylation is 2. The number of rotatable bonds is 4. The summed E-state index contributed by atoms with van der Waals surface area (Å²) < 4.78 is 0. The highest BCUT2D eigenvalue weighted by Crippen LogP contribution is 2.23. The Hall–Kier alpha value is -2.07. The van der Waals surface area contributed by atoms with Crippen LogP contribution in [0.2, 0.25) is 0 Å². The van der Waals surface area contributed by atoms with E-state index in [1.54, 1.807) is 0 Å². The van der Waals surface area contributed by atoms with Crippen LogP contribution in [-0.2, 0) is 6.54 Å². The van der Waals surface area contributed by atoms with Crippen molar-refractivity contribution in [1.82, 2.24) is 5.32 Å². The lowest BCUT2D eigenvalue weighted by Crippen LogP contribution is -2.34. The average molecular weight is 368 g/mol. The minimum Gasteiger partial charge on any atom is -0.371 e. The Labute approximate surface area is 162 Å². The third-order valence-corrected chi connectivity index (χ3v) is 5.30. The molecule has 1 heterocycles. The van der Waals surface area contributed by atoms with E-state index in [9.17, 15) is 0 Å². The molecule has 0 amide bonds. The zero-order valence-corrected chi connectivity index (χ0v) is 16.8. The molecule has 1 aliphatic heterocycles. The van der Waals surface area contributed by atoms with Crippen LogP contribution in [-0.4, -0.2) is 18.2 Å². The van der Waals surface area contributed by atoms with Crippen molar-refractivity contribution in [2.24, 2.45) is 5.92 Å². The molecule has 1 unspecified atom stereocenters. The van der Waals surface area contributed by atoms with Crippen molar-refractivity contribution in [2.75, 3.05) is 23.3 Å². The second-order valence-electron chi connectivity index (χ2n) is 7.49. The Morgan fingerprint density at radius 1 is 1.15 bits per heavy atom. The monoisotopic (exact) mass is 367 g/mol. The van der Waals surface area contributed by atoms with Crippen LogP contribution in [0.15, 0.2) is 42.5 Å². The summed E-state index contributed by atoms with van der Waals surface area (Å²) in [5, 5.41) is 7.27. The van der Waals surface area contributed by atoms with Gasteiger partial charge in [-0.1, -0.05) is 31.2 Å². The fourth-order valence-electron chi connectivity index (χ4n) is 3.47. The standard InChI is InChI=1S/C22H29N3S/c1-16-6-7-18(3)21(13-16)24-22(26)23-14-19-8-10-20(11-9-19)25-12-4-5-17(2)15-25/h6-11,13,17H,4-5,12,14-15H2,1-3H3,(H2,23,24,26). The van der Waals surface area contributed by atoms with E-state index >= 15 is 0 Å². The van der Waals surface area contributed by atoms with Gasteiger partial charge in [0.2, 0.25) is 0 Å². The van der Waals surface area contributed by atoms with E-state index < -0.39 is 0 Å². The number of nitrogens with one attached hydrogen (secondary N) is 2. The van der Waals surface area contributed by atoms with Gasteiger partial charge in [0.05, 0.1) is 0 Å². The summed E-state index contributed by atoms with van der Waals surface area (Å²) >= 11 is 5.45. The minimum atomic E-state index is 0.660. The Balaban J connectivity index is 1.53. The molecule has 3 rings (SSSR count). The van der Waals surface area contributed by atoms with Gasteiger partial charge in [-0.15, -0.1) is 0 Å². The fraction of sp³-hybridized carbons (Fsp3) is 0.409. The summed E-state index contributed by atoms with van der Waals surface area (Å²) in [6, 6.07) is 15.2. The second kappa shape index (κ2) is 8.54. The highest BCUT2D eigenvalue weighted by molar-refractivity contribution is 7.80. The molecule has 0 aliphatic carbocycles. The molecule has 3 nitrogen and oxygen atoms in total. The van der Waals surface area contributed by atoms with Crippen molar-refractivity contribution < 1.29 is 0 Å². The van der Waals surface area contributed by atoms with Gasteiger partial charge in [0, 0.05) is 31.0 Å². The molecule has 138 valence electrons. The zero-order valence-electron chi connectivity index (χ0n) is 16.0. The average Bonchev–Trinajstić information content (AvgIpc) is 2.63. The quantitative estimate of drug-likeness (QED) is 0.742. The van der Waals surface area contributed by atoms with Gasteiger partial charge in [0.25, 0.3) is 0 Å². The van der Waals surface area contributed by atoms with Gasteiger partial charge in [-0.25, -0.2) is 0 Å². The van der Waals surface area contributed by atoms with E-state index in [1.807, 2.05) is 0 Å². The summed E-state index contributed by atoms with van der Waals surface area (Å²) in [5.41, 5.74) is 6.06. The first kappa shape index (κ1) is 18.7. The van der Waals surface area contributed by atoms with Crippen molar-refractivity contribution in [1.29, 1.82) is 0 Å². The molecule has 2 aromatic carbocycles. The molecule has 0 bridgehead atoms. The zero-order chi connectivity index (χ0) is 18.5. The van der Waals surface area contributed by atoms with Crippen molar-refractivity contribution in [3.05, 3.63) is 59.2 Å². The number of hydrogen-bond donors (Lipinski definition) is 2. The third-order valence-electron chi connectivity index (χ3n) is 5.05. The van der Waals surface area contributed by atoms with E-state index in [1.165, 1.54) is 48.3 Å². The number of benzene rings is 2. The normalized spacial score (nSPS) is 17.0. The molecule has 1 aliphatic rings. The van der Waals surface area contributed by atoms with Crippen LogP contribution in [0.1, 0.15) is 36.5 Å². The van der Waals surface area contributed by atoms with Crippen LogP contribution in [0.5, 0.6) is 0 Å². The topological polar surface area (TPSA) is 27.3 Å². The summed E-state index contributed by atoms with van der Waals surface area (Å²) in [4.78, 5) is 2.50. The van der Waals surface area contributed by atoms with Crippen molar-refractivity contribution in [2.45, 2.75) is 40.2 Å². The van der Waals surface area contributed by atoms with Gasteiger partial charge in [0.1, 0.15) is 0 Å². The molecule has 0 radical (unpaired) electrons. The SMILES string of the molecule is Cc1ccc(C)c(NC(=S)NCc2ccc(N3CCCC(C)C3)cc2)c1. The van der Waals surface area contributed by atoms with E-state index in [-0.39, 0.29) is 0 Å². The van der Waals surface area contributed by atoms with E-state index in [0.29, 0.717) is 5.11 Å². The molecule has 1 fully saturated rings. The third kappa shape index (κ3) is 4.98. The van der Waals surface area contributed by atoms with E-state index in [4.69, 9.17) is 12.2 Å². The van der Waals surface area contributed by atoms with Gasteiger partial charge in [-0.05, 0) is 79.7 Å². The van der Waals surface area contributed by atoms with Gasteiger partial charge < -0.3 is 15.5 Å². The first-order chi connectivity index (χ1) is 12.5. The smallest absolute Gasteiger partial charge is 0.171 e. The molecule has 26 heavy (non-hydrogen) atoms. The summed E-state index contributed by atoms with van der Waals surface area (Å²) in [6.45, 7) is 9.59. The Morgan fingerprint density at radius 2 is 1.92 bits per heavy atom. The lowest BCUT2D eigenvalue weighted by molar-refractivity contribution is 0.447. The number of nitrogens with zero attached hydrogens (tertiary/aromatic N) is 1. The Morgan fingerprint density at radius 3 is 2.65 bits per heavy atom. The maximum Gasteiger partial charge on any atom is 0.171 e. The van der Waals surface area contributed by atoms with E-state index in [2.05, 4.69) is 78.8 Å². The van der Waals surface area contributed by atoms with Gasteiger partial charge in [-0.3, -0.25) is 0 Å². The molecule has 4 heteroatoms. The summed E-state index contributed by atoms with van der Waals surface area (Å²) in [5.74, 6) is 0.790. The van der Waals surface area contributed by atoms with Gasteiger partial charge in [-0.2, -0.15) is 0 Å². The molecule has 0 saturated carbocycles. The number of hydrogen-bond acceptors (Lipinski definition) is 2. The molecular weight excluding hydrogens is 338 g/mol. The van der Waals surface area contributed by atoms with Crippen LogP contribution in [0.25, 0.3) is 0 Å². The molecule has 0 aromatic heterocycles. The summed E-state index contributed by atoms with van der Waals surface area (Å²) in [7, 11) is 0. The van der Waals surface area contributed by atoms with Gasteiger partial charge in [0.15, 0.2) is 5.11 Å². The molecule has 1 saturated heterocycles. The lowest BCUT2D eigenvalue weighted by Gasteiger charge is -2.32. The van der Waals surface area contributed by atoms with Crippen molar-refractivity contribution >= 4 is 28.7 Å². The Kier molecular flexibility index (Phi) is 6.15.